The molecule has 1 saturated heterocycles. The summed E-state index contributed by atoms with van der Waals surface area (Å²) in [7, 11) is 3.04. The fourth-order valence-corrected chi connectivity index (χ4v) is 4.01. The van der Waals surface area contributed by atoms with Gasteiger partial charge in [0.2, 0.25) is 5.91 Å². The van der Waals surface area contributed by atoms with Gasteiger partial charge in [0, 0.05) is 18.2 Å². The summed E-state index contributed by atoms with van der Waals surface area (Å²) in [4.78, 5) is 13.8. The first-order valence-corrected chi connectivity index (χ1v) is 8.76. The number of carbonyl (C=O) groups excluding carboxylic acids is 1. The lowest BCUT2D eigenvalue weighted by atomic mass is 10.1. The summed E-state index contributed by atoms with van der Waals surface area (Å²) in [6, 6.07) is 7.03. The zero-order valence-corrected chi connectivity index (χ0v) is 14.9. The number of hydrogen-bond acceptors (Lipinski definition) is 4. The largest absolute Gasteiger partial charge is 0.497 e. The molecule has 1 aliphatic heterocycles. The monoisotopic (exact) mass is 383 g/mol. The Morgan fingerprint density at radius 3 is 2.42 bits per heavy atom. The van der Waals surface area contributed by atoms with Crippen LogP contribution < -0.4 is 9.47 Å². The van der Waals surface area contributed by atoms with Crippen molar-refractivity contribution in [2.45, 2.75) is 11.9 Å². The standard InChI is InChI=1S/C18H16F3NO3S/c1-24-11-3-4-12(15(7-11)25-2)18-22(16(23)9-26-18)8-10-5-13(19)17(21)14(20)6-10/h3-7,18H,8-9H2,1-2H3. The Morgan fingerprint density at radius 2 is 1.81 bits per heavy atom. The van der Waals surface area contributed by atoms with E-state index in [1.807, 2.05) is 0 Å². The van der Waals surface area contributed by atoms with Crippen LogP contribution in [0.3, 0.4) is 0 Å². The van der Waals surface area contributed by atoms with Crippen LogP contribution in [-0.2, 0) is 11.3 Å². The molecule has 1 heterocycles. The molecule has 1 aliphatic rings. The highest BCUT2D eigenvalue weighted by molar-refractivity contribution is 8.00. The maximum absolute atomic E-state index is 13.5. The number of carbonyl (C=O) groups is 1. The average molecular weight is 383 g/mol. The number of methoxy groups -OCH3 is 2. The van der Waals surface area contributed by atoms with Gasteiger partial charge in [-0.3, -0.25) is 4.79 Å². The maximum Gasteiger partial charge on any atom is 0.234 e. The summed E-state index contributed by atoms with van der Waals surface area (Å²) < 4.78 is 50.7. The van der Waals surface area contributed by atoms with Gasteiger partial charge in [-0.05, 0) is 29.8 Å². The van der Waals surface area contributed by atoms with Crippen LogP contribution in [0.4, 0.5) is 13.2 Å². The van der Waals surface area contributed by atoms with Crippen molar-refractivity contribution in [3.05, 3.63) is 58.9 Å². The third-order valence-electron chi connectivity index (χ3n) is 4.07. The highest BCUT2D eigenvalue weighted by Gasteiger charge is 2.35. The van der Waals surface area contributed by atoms with Crippen LogP contribution >= 0.6 is 11.8 Å². The number of halogens is 3. The van der Waals surface area contributed by atoms with Crippen LogP contribution in [0.2, 0.25) is 0 Å². The van der Waals surface area contributed by atoms with E-state index < -0.39 is 17.5 Å². The smallest absolute Gasteiger partial charge is 0.234 e. The minimum atomic E-state index is -1.52. The quantitative estimate of drug-likeness (QED) is 0.735. The molecule has 2 aromatic carbocycles. The molecule has 0 radical (unpaired) electrons. The van der Waals surface area contributed by atoms with Gasteiger partial charge in [0.1, 0.15) is 16.9 Å². The van der Waals surface area contributed by atoms with E-state index in [4.69, 9.17) is 9.47 Å². The second kappa shape index (κ2) is 7.49. The van der Waals surface area contributed by atoms with Crippen molar-refractivity contribution in [2.24, 2.45) is 0 Å². The van der Waals surface area contributed by atoms with Crippen molar-refractivity contribution in [3.63, 3.8) is 0 Å². The molecule has 8 heteroatoms. The van der Waals surface area contributed by atoms with Crippen molar-refractivity contribution in [1.29, 1.82) is 0 Å². The molecule has 2 aromatic rings. The zero-order valence-electron chi connectivity index (χ0n) is 14.1. The lowest BCUT2D eigenvalue weighted by Gasteiger charge is -2.26. The molecule has 1 amide bonds. The van der Waals surface area contributed by atoms with Crippen molar-refractivity contribution >= 4 is 17.7 Å². The number of thioether (sulfide) groups is 1. The molecule has 138 valence electrons. The van der Waals surface area contributed by atoms with Crippen LogP contribution in [-0.4, -0.2) is 30.8 Å². The summed E-state index contributed by atoms with van der Waals surface area (Å²) in [6.45, 7) is -0.0419. The molecule has 0 aromatic heterocycles. The molecule has 0 spiro atoms. The topological polar surface area (TPSA) is 38.8 Å². The van der Waals surface area contributed by atoms with Gasteiger partial charge in [0.05, 0.1) is 20.0 Å². The highest BCUT2D eigenvalue weighted by Crippen LogP contribution is 2.44. The molecule has 0 saturated carbocycles. The van der Waals surface area contributed by atoms with Crippen LogP contribution in [0, 0.1) is 17.5 Å². The maximum atomic E-state index is 13.5. The molecule has 1 atom stereocenters. The number of ether oxygens (including phenoxy) is 2. The highest BCUT2D eigenvalue weighted by atomic mass is 32.2. The van der Waals surface area contributed by atoms with Crippen molar-refractivity contribution in [1.82, 2.24) is 4.90 Å². The van der Waals surface area contributed by atoms with E-state index in [9.17, 15) is 18.0 Å². The molecule has 1 unspecified atom stereocenters. The van der Waals surface area contributed by atoms with Gasteiger partial charge in [-0.15, -0.1) is 11.8 Å². The SMILES string of the molecule is COc1ccc(C2SCC(=O)N2Cc2cc(F)c(F)c(F)c2)c(OC)c1. The Morgan fingerprint density at radius 1 is 1.12 bits per heavy atom. The second-order valence-corrected chi connectivity index (χ2v) is 6.73. The van der Waals surface area contributed by atoms with Crippen molar-refractivity contribution in [3.8, 4) is 11.5 Å². The van der Waals surface area contributed by atoms with E-state index in [1.165, 1.54) is 30.9 Å². The van der Waals surface area contributed by atoms with E-state index >= 15 is 0 Å². The molecule has 0 aliphatic carbocycles. The summed E-state index contributed by atoms with van der Waals surface area (Å²) in [5, 5.41) is -0.389. The molecule has 0 bridgehead atoms. The fourth-order valence-electron chi connectivity index (χ4n) is 2.80. The van der Waals surface area contributed by atoms with E-state index in [2.05, 4.69) is 0 Å². The number of hydrogen-bond donors (Lipinski definition) is 0. The molecular formula is C18H16F3NO3S. The first-order chi connectivity index (χ1) is 12.4. The predicted octanol–water partition coefficient (Wildman–Crippen LogP) is 3.90. The average Bonchev–Trinajstić information content (AvgIpc) is 2.99. The van der Waals surface area contributed by atoms with Crippen molar-refractivity contribution < 1.29 is 27.4 Å². The Hall–Kier alpha value is -2.35. The van der Waals surface area contributed by atoms with Crippen LogP contribution in [0.25, 0.3) is 0 Å². The molecular weight excluding hydrogens is 367 g/mol. The Bertz CT molecular complexity index is 823. The number of nitrogens with zero attached hydrogens (tertiary/aromatic N) is 1. The Balaban J connectivity index is 1.93. The second-order valence-electron chi connectivity index (χ2n) is 5.67. The lowest BCUT2D eigenvalue weighted by molar-refractivity contribution is -0.128. The van der Waals surface area contributed by atoms with Gasteiger partial charge in [-0.1, -0.05) is 0 Å². The molecule has 26 heavy (non-hydrogen) atoms. The summed E-state index contributed by atoms with van der Waals surface area (Å²) in [6.07, 6.45) is 0. The Labute approximate surface area is 152 Å². The Kier molecular flexibility index (Phi) is 5.31. The third-order valence-corrected chi connectivity index (χ3v) is 5.31. The third kappa shape index (κ3) is 3.46. The molecule has 3 rings (SSSR count). The minimum Gasteiger partial charge on any atom is -0.497 e. The first-order valence-electron chi connectivity index (χ1n) is 7.71. The van der Waals surface area contributed by atoms with E-state index in [-0.39, 0.29) is 29.1 Å². The number of benzene rings is 2. The lowest BCUT2D eigenvalue weighted by Crippen LogP contribution is -2.28. The first kappa shape index (κ1) is 18.4. The van der Waals surface area contributed by atoms with Crippen LogP contribution in [0.1, 0.15) is 16.5 Å². The van der Waals surface area contributed by atoms with E-state index in [0.717, 1.165) is 17.7 Å². The van der Waals surface area contributed by atoms with Gasteiger partial charge >= 0.3 is 0 Å². The summed E-state index contributed by atoms with van der Waals surface area (Å²) >= 11 is 1.38. The number of amides is 1. The van der Waals surface area contributed by atoms with Gasteiger partial charge in [0.25, 0.3) is 0 Å². The van der Waals surface area contributed by atoms with Gasteiger partial charge < -0.3 is 14.4 Å². The van der Waals surface area contributed by atoms with Crippen LogP contribution in [0.5, 0.6) is 11.5 Å². The summed E-state index contributed by atoms with van der Waals surface area (Å²) in [5.74, 6) is -2.89. The van der Waals surface area contributed by atoms with E-state index in [0.29, 0.717) is 11.5 Å². The molecule has 1 fully saturated rings. The summed E-state index contributed by atoms with van der Waals surface area (Å²) in [5.41, 5.74) is 0.918. The zero-order chi connectivity index (χ0) is 18.8. The normalized spacial score (nSPS) is 16.9. The van der Waals surface area contributed by atoms with Gasteiger partial charge in [-0.25, -0.2) is 13.2 Å². The minimum absolute atomic E-state index is 0.0419. The fraction of sp³-hybridized carbons (Fsp3) is 0.278. The van der Waals surface area contributed by atoms with Crippen LogP contribution in [0.15, 0.2) is 30.3 Å². The van der Waals surface area contributed by atoms with E-state index in [1.54, 1.807) is 18.2 Å². The van der Waals surface area contributed by atoms with Gasteiger partial charge in [-0.2, -0.15) is 0 Å². The molecule has 0 N–H and O–H groups in total. The number of rotatable bonds is 5. The molecule has 4 nitrogen and oxygen atoms in total. The predicted molar refractivity (Wildman–Crippen MR) is 91.6 cm³/mol. The van der Waals surface area contributed by atoms with Crippen molar-refractivity contribution in [2.75, 3.05) is 20.0 Å². The van der Waals surface area contributed by atoms with Gasteiger partial charge in [0.15, 0.2) is 17.5 Å².